The largest absolute Gasteiger partial charge is 0.383 e. The summed E-state index contributed by atoms with van der Waals surface area (Å²) in [4.78, 5) is 47.3. The molecule has 8 heteroatoms. The maximum Gasteiger partial charge on any atom is 0.332 e. The molecule has 1 aromatic heterocycles. The molecule has 186 valence electrons. The number of anilines is 1. The van der Waals surface area contributed by atoms with E-state index in [1.165, 1.54) is 4.90 Å². The molecule has 0 radical (unpaired) electrons. The van der Waals surface area contributed by atoms with Crippen LogP contribution < -0.4 is 10.2 Å². The van der Waals surface area contributed by atoms with E-state index in [2.05, 4.69) is 10.3 Å². The van der Waals surface area contributed by atoms with Crippen LogP contribution in [0.2, 0.25) is 0 Å². The maximum absolute atomic E-state index is 14.1. The van der Waals surface area contributed by atoms with Gasteiger partial charge in [0, 0.05) is 36.7 Å². The van der Waals surface area contributed by atoms with Gasteiger partial charge in [-0.05, 0) is 29.3 Å². The summed E-state index contributed by atoms with van der Waals surface area (Å²) in [7, 11) is 1.56. The third-order valence-corrected chi connectivity index (χ3v) is 7.15. The van der Waals surface area contributed by atoms with Crippen molar-refractivity contribution in [2.24, 2.45) is 0 Å². The summed E-state index contributed by atoms with van der Waals surface area (Å²) in [6.45, 7) is 0.675. The minimum Gasteiger partial charge on any atom is -0.383 e. The lowest BCUT2D eigenvalue weighted by Crippen LogP contribution is -2.44. The molecule has 0 unspecified atom stereocenters. The molecule has 2 atom stereocenters. The Balaban J connectivity index is 1.45. The fraction of sp³-hybridized carbons (Fsp3) is 0.207. The van der Waals surface area contributed by atoms with Crippen molar-refractivity contribution in [3.8, 4) is 0 Å². The fourth-order valence-corrected chi connectivity index (χ4v) is 5.50. The minimum absolute atomic E-state index is 0.264. The first-order valence-corrected chi connectivity index (χ1v) is 12.3. The summed E-state index contributed by atoms with van der Waals surface area (Å²) in [5, 5.41) is 3.84. The highest BCUT2D eigenvalue weighted by molar-refractivity contribution is 6.24. The SMILES string of the molecule is COCCNC(=O)c1ccccc1N1C(=O)[C@@H]2Cc3c([nH]c4ccccc34)[C@@H](c3ccccc3)N2C1=O. The van der Waals surface area contributed by atoms with Crippen molar-refractivity contribution in [3.63, 3.8) is 0 Å². The second-order valence-electron chi connectivity index (χ2n) is 9.23. The fourth-order valence-electron chi connectivity index (χ4n) is 5.50. The number of fused-ring (bicyclic) bond motifs is 4. The highest BCUT2D eigenvalue weighted by Crippen LogP contribution is 2.45. The highest BCUT2D eigenvalue weighted by Gasteiger charge is 2.53. The van der Waals surface area contributed by atoms with Crippen molar-refractivity contribution >= 4 is 34.4 Å². The molecule has 0 spiro atoms. The topological polar surface area (TPSA) is 94.7 Å². The molecule has 2 aliphatic rings. The Bertz CT molecular complexity index is 1510. The van der Waals surface area contributed by atoms with Crippen LogP contribution in [0.4, 0.5) is 10.5 Å². The summed E-state index contributed by atoms with van der Waals surface area (Å²) < 4.78 is 5.02. The van der Waals surface area contributed by atoms with Gasteiger partial charge in [-0.15, -0.1) is 0 Å². The number of rotatable bonds is 6. The zero-order chi connectivity index (χ0) is 25.5. The minimum atomic E-state index is -0.686. The molecule has 8 nitrogen and oxygen atoms in total. The molecule has 1 fully saturated rings. The highest BCUT2D eigenvalue weighted by atomic mass is 16.5. The Hall–Kier alpha value is -4.43. The van der Waals surface area contributed by atoms with Crippen molar-refractivity contribution in [3.05, 3.63) is 101 Å². The summed E-state index contributed by atoms with van der Waals surface area (Å²) in [5.41, 5.74) is 4.39. The van der Waals surface area contributed by atoms with Gasteiger partial charge in [0.15, 0.2) is 0 Å². The third-order valence-electron chi connectivity index (χ3n) is 7.15. The molecule has 0 saturated carbocycles. The van der Waals surface area contributed by atoms with Crippen LogP contribution in [0.3, 0.4) is 0 Å². The van der Waals surface area contributed by atoms with Crippen LogP contribution in [0.1, 0.15) is 33.2 Å². The number of amides is 4. The predicted molar refractivity (Wildman–Crippen MR) is 139 cm³/mol. The lowest BCUT2D eigenvalue weighted by atomic mass is 9.89. The molecular weight excluding hydrogens is 468 g/mol. The Labute approximate surface area is 213 Å². The number of nitrogens with one attached hydrogen (secondary N) is 2. The van der Waals surface area contributed by atoms with Crippen molar-refractivity contribution < 1.29 is 19.1 Å². The van der Waals surface area contributed by atoms with E-state index in [0.717, 1.165) is 27.7 Å². The van der Waals surface area contributed by atoms with Crippen molar-refractivity contribution in [2.75, 3.05) is 25.2 Å². The number of imide groups is 1. The normalized spacial score (nSPS) is 18.7. The average molecular weight is 495 g/mol. The molecule has 6 rings (SSSR count). The molecule has 4 aromatic rings. The van der Waals surface area contributed by atoms with E-state index >= 15 is 0 Å². The van der Waals surface area contributed by atoms with Gasteiger partial charge in [0.05, 0.1) is 17.9 Å². The predicted octanol–water partition coefficient (Wildman–Crippen LogP) is 4.03. The number of carbonyl (C=O) groups excluding carboxylic acids is 3. The van der Waals surface area contributed by atoms with Crippen molar-refractivity contribution in [2.45, 2.75) is 18.5 Å². The van der Waals surface area contributed by atoms with Gasteiger partial charge in [0.2, 0.25) is 0 Å². The Kier molecular flexibility index (Phi) is 5.73. The lowest BCUT2D eigenvalue weighted by molar-refractivity contribution is -0.120. The summed E-state index contributed by atoms with van der Waals surface area (Å²) >= 11 is 0. The molecule has 1 saturated heterocycles. The van der Waals surface area contributed by atoms with Crippen LogP contribution in [0.15, 0.2) is 78.9 Å². The van der Waals surface area contributed by atoms with Crippen LogP contribution >= 0.6 is 0 Å². The number of hydrogen-bond donors (Lipinski definition) is 2. The van der Waals surface area contributed by atoms with Crippen LogP contribution in [-0.2, 0) is 16.0 Å². The molecule has 0 aliphatic carbocycles. The van der Waals surface area contributed by atoms with Gasteiger partial charge in [-0.2, -0.15) is 0 Å². The van der Waals surface area contributed by atoms with Crippen LogP contribution in [0.25, 0.3) is 10.9 Å². The maximum atomic E-state index is 14.1. The van der Waals surface area contributed by atoms with Gasteiger partial charge in [-0.3, -0.25) is 14.5 Å². The zero-order valence-corrected chi connectivity index (χ0v) is 20.3. The molecule has 37 heavy (non-hydrogen) atoms. The number of para-hydroxylation sites is 2. The first-order valence-electron chi connectivity index (χ1n) is 12.3. The van der Waals surface area contributed by atoms with Crippen molar-refractivity contribution in [1.29, 1.82) is 0 Å². The Morgan fingerprint density at radius 3 is 2.54 bits per heavy atom. The summed E-state index contributed by atoms with van der Waals surface area (Å²) in [5.74, 6) is -0.701. The first-order chi connectivity index (χ1) is 18.1. The number of H-pyrrole nitrogens is 1. The Morgan fingerprint density at radius 2 is 1.73 bits per heavy atom. The van der Waals surface area contributed by atoms with Gasteiger partial charge < -0.3 is 15.0 Å². The molecule has 2 aliphatic heterocycles. The number of nitrogens with zero attached hydrogens (tertiary/aromatic N) is 2. The number of aromatic amines is 1. The van der Waals surface area contributed by atoms with E-state index in [9.17, 15) is 14.4 Å². The van der Waals surface area contributed by atoms with E-state index in [4.69, 9.17) is 4.74 Å². The molecular formula is C29H26N4O4. The first kappa shape index (κ1) is 23.0. The second-order valence-corrected chi connectivity index (χ2v) is 9.23. The van der Waals surface area contributed by atoms with Crippen LogP contribution in [0.5, 0.6) is 0 Å². The lowest BCUT2D eigenvalue weighted by Gasteiger charge is -2.36. The monoisotopic (exact) mass is 494 g/mol. The van der Waals surface area contributed by atoms with Gasteiger partial charge in [0.1, 0.15) is 12.1 Å². The van der Waals surface area contributed by atoms with E-state index in [0.29, 0.717) is 19.6 Å². The molecule has 4 amide bonds. The molecule has 0 bridgehead atoms. The number of aromatic nitrogens is 1. The number of benzene rings is 3. The van der Waals surface area contributed by atoms with E-state index in [1.807, 2.05) is 54.6 Å². The van der Waals surface area contributed by atoms with Gasteiger partial charge in [-0.1, -0.05) is 60.7 Å². The molecule has 3 heterocycles. The van der Waals surface area contributed by atoms with E-state index in [-0.39, 0.29) is 23.1 Å². The van der Waals surface area contributed by atoms with E-state index in [1.54, 1.807) is 36.3 Å². The van der Waals surface area contributed by atoms with Gasteiger partial charge in [0.25, 0.3) is 11.8 Å². The van der Waals surface area contributed by atoms with E-state index < -0.39 is 18.1 Å². The average Bonchev–Trinajstić information content (AvgIpc) is 3.42. The third kappa shape index (κ3) is 3.68. The summed E-state index contributed by atoms with van der Waals surface area (Å²) in [6, 6.07) is 22.9. The standard InChI is InChI=1S/C29H26N4O4/c1-37-16-15-30-27(34)20-12-6-8-14-23(20)33-28(35)24-17-21-19-11-5-7-13-22(19)31-25(21)26(32(24)29(33)36)18-9-3-2-4-10-18/h2-14,24,26,31H,15-17H2,1H3,(H,30,34)/t24-,26+/m0/s1. The number of carbonyl (C=O) groups is 3. The zero-order valence-electron chi connectivity index (χ0n) is 20.3. The van der Waals surface area contributed by atoms with Crippen LogP contribution in [-0.4, -0.2) is 54.0 Å². The van der Waals surface area contributed by atoms with Gasteiger partial charge in [-0.25, -0.2) is 9.69 Å². The number of ether oxygens (including phenoxy) is 1. The Morgan fingerprint density at radius 1 is 1.00 bits per heavy atom. The molecule has 3 aromatic carbocycles. The summed E-state index contributed by atoms with van der Waals surface area (Å²) in [6.07, 6.45) is 0.395. The quantitative estimate of drug-likeness (QED) is 0.313. The number of hydrogen-bond acceptors (Lipinski definition) is 4. The number of urea groups is 1. The second kappa shape index (κ2) is 9.22. The number of methoxy groups -OCH3 is 1. The van der Waals surface area contributed by atoms with Crippen LogP contribution in [0, 0.1) is 0 Å². The smallest absolute Gasteiger partial charge is 0.332 e. The molecule has 2 N–H and O–H groups in total. The van der Waals surface area contributed by atoms with Crippen molar-refractivity contribution in [1.82, 2.24) is 15.2 Å². The van der Waals surface area contributed by atoms with Gasteiger partial charge >= 0.3 is 6.03 Å².